The topological polar surface area (TPSA) is 12.9 Å². The van der Waals surface area contributed by atoms with Gasteiger partial charge in [0.1, 0.15) is 0 Å². The average Bonchev–Trinajstić information content (AvgIpc) is 2.59. The Kier molecular flexibility index (Phi) is 1.54. The number of rotatable bonds is 0. The Morgan fingerprint density at radius 1 is 1.43 bits per heavy atom. The first kappa shape index (κ1) is 9.17. The molecule has 2 aliphatic rings. The van der Waals surface area contributed by atoms with E-state index in [1.807, 2.05) is 0 Å². The van der Waals surface area contributed by atoms with Crippen LogP contribution in [-0.2, 0) is 5.41 Å². The second-order valence-electron chi connectivity index (χ2n) is 5.32. The predicted octanol–water partition coefficient (Wildman–Crippen LogP) is 3.97. The Hall–Kier alpha value is -0.0800. The van der Waals surface area contributed by atoms with Gasteiger partial charge in [-0.3, -0.25) is 0 Å². The summed E-state index contributed by atoms with van der Waals surface area (Å²) in [4.78, 5) is 5.99. The third kappa shape index (κ3) is 0.772. The van der Waals surface area contributed by atoms with Crippen molar-refractivity contribution in [2.24, 2.45) is 5.41 Å². The normalized spacial score (nSPS) is 37.6. The van der Waals surface area contributed by atoms with Crippen molar-refractivity contribution in [2.75, 3.05) is 0 Å². The second-order valence-corrected chi connectivity index (χ2v) is 6.94. The Morgan fingerprint density at radius 2 is 2.14 bits per heavy atom. The molecule has 1 nitrogen and oxygen atoms in total. The van der Waals surface area contributed by atoms with E-state index in [9.17, 15) is 0 Å². The maximum absolute atomic E-state index is 6.00. The van der Waals surface area contributed by atoms with E-state index in [2.05, 4.69) is 25.8 Å². The van der Waals surface area contributed by atoms with Crippen LogP contribution in [0.5, 0.6) is 0 Å². The van der Waals surface area contributed by atoms with Gasteiger partial charge in [0.25, 0.3) is 0 Å². The summed E-state index contributed by atoms with van der Waals surface area (Å²) in [6.07, 6.45) is 2.59. The Morgan fingerprint density at radius 3 is 2.79 bits per heavy atom. The molecule has 0 N–H and O–H groups in total. The molecule has 1 fully saturated rings. The molecular formula is C11H14ClNS. The van der Waals surface area contributed by atoms with Gasteiger partial charge in [0.15, 0.2) is 4.47 Å². The molecule has 3 rings (SSSR count). The molecular weight excluding hydrogens is 214 g/mol. The van der Waals surface area contributed by atoms with Gasteiger partial charge in [-0.1, -0.05) is 32.4 Å². The van der Waals surface area contributed by atoms with Gasteiger partial charge in [-0.25, -0.2) is 4.98 Å². The van der Waals surface area contributed by atoms with Crippen molar-refractivity contribution >= 4 is 22.9 Å². The molecule has 0 amide bonds. The van der Waals surface area contributed by atoms with E-state index < -0.39 is 0 Å². The van der Waals surface area contributed by atoms with E-state index in [4.69, 9.17) is 11.6 Å². The van der Waals surface area contributed by atoms with E-state index in [0.717, 1.165) is 4.47 Å². The number of thiazole rings is 1. The summed E-state index contributed by atoms with van der Waals surface area (Å²) >= 11 is 7.69. The number of hydrogen-bond acceptors (Lipinski definition) is 2. The summed E-state index contributed by atoms with van der Waals surface area (Å²) in [6, 6.07) is 0. The molecule has 76 valence electrons. The van der Waals surface area contributed by atoms with Crippen LogP contribution in [0.3, 0.4) is 0 Å². The summed E-state index contributed by atoms with van der Waals surface area (Å²) in [6.45, 7) is 7.12. The van der Waals surface area contributed by atoms with Crippen molar-refractivity contribution in [2.45, 2.75) is 44.9 Å². The van der Waals surface area contributed by atoms with Gasteiger partial charge in [0.05, 0.1) is 5.69 Å². The molecule has 0 saturated heterocycles. The van der Waals surface area contributed by atoms with Crippen LogP contribution in [0.1, 0.15) is 50.1 Å². The fourth-order valence-corrected chi connectivity index (χ4v) is 4.89. The lowest BCUT2D eigenvalue weighted by Gasteiger charge is -2.34. The zero-order valence-electron chi connectivity index (χ0n) is 8.72. The molecule has 2 atom stereocenters. The van der Waals surface area contributed by atoms with E-state index >= 15 is 0 Å². The standard InChI is InChI=1S/C11H14ClNS/c1-10(2)6-4-5-11(10,3)8-7(6)14-9(12)13-8/h6H,4-5H2,1-3H3. The summed E-state index contributed by atoms with van der Waals surface area (Å²) in [7, 11) is 0. The SMILES string of the molecule is CC12CCC(c3sc(Cl)nc31)C2(C)C. The molecule has 2 aliphatic carbocycles. The van der Waals surface area contributed by atoms with Crippen LogP contribution in [0, 0.1) is 5.41 Å². The van der Waals surface area contributed by atoms with Crippen LogP contribution in [0.2, 0.25) is 4.47 Å². The summed E-state index contributed by atoms with van der Waals surface area (Å²) in [5, 5.41) is 0. The minimum atomic E-state index is 0.274. The maximum Gasteiger partial charge on any atom is 0.184 e. The minimum Gasteiger partial charge on any atom is -0.229 e. The monoisotopic (exact) mass is 227 g/mol. The molecule has 1 saturated carbocycles. The fraction of sp³-hybridized carbons (Fsp3) is 0.727. The van der Waals surface area contributed by atoms with Gasteiger partial charge in [0, 0.05) is 16.2 Å². The first-order chi connectivity index (χ1) is 6.47. The van der Waals surface area contributed by atoms with Crippen LogP contribution in [-0.4, -0.2) is 4.98 Å². The molecule has 0 aliphatic heterocycles. The predicted molar refractivity (Wildman–Crippen MR) is 60.2 cm³/mol. The highest BCUT2D eigenvalue weighted by atomic mass is 35.5. The van der Waals surface area contributed by atoms with E-state index in [0.29, 0.717) is 11.3 Å². The average molecular weight is 228 g/mol. The molecule has 14 heavy (non-hydrogen) atoms. The molecule has 0 radical (unpaired) electrons. The van der Waals surface area contributed by atoms with Gasteiger partial charge in [0.2, 0.25) is 0 Å². The van der Waals surface area contributed by atoms with Gasteiger partial charge in [-0.2, -0.15) is 0 Å². The maximum atomic E-state index is 6.00. The largest absolute Gasteiger partial charge is 0.229 e. The van der Waals surface area contributed by atoms with Gasteiger partial charge >= 0.3 is 0 Å². The van der Waals surface area contributed by atoms with Crippen molar-refractivity contribution in [3.63, 3.8) is 0 Å². The van der Waals surface area contributed by atoms with Crippen molar-refractivity contribution in [1.29, 1.82) is 0 Å². The Bertz CT molecular complexity index is 409. The molecule has 2 bridgehead atoms. The van der Waals surface area contributed by atoms with E-state index in [1.54, 1.807) is 11.3 Å². The van der Waals surface area contributed by atoms with Crippen molar-refractivity contribution in [3.05, 3.63) is 15.0 Å². The number of fused-ring (bicyclic) bond motifs is 5. The Labute approximate surface area is 93.5 Å². The quantitative estimate of drug-likeness (QED) is 0.654. The zero-order chi connectivity index (χ0) is 10.1. The van der Waals surface area contributed by atoms with Gasteiger partial charge in [-0.15, -0.1) is 11.3 Å². The van der Waals surface area contributed by atoms with Crippen molar-refractivity contribution in [1.82, 2.24) is 4.98 Å². The summed E-state index contributed by atoms with van der Waals surface area (Å²) in [5.74, 6) is 0.701. The smallest absolute Gasteiger partial charge is 0.184 e. The van der Waals surface area contributed by atoms with Crippen molar-refractivity contribution in [3.8, 4) is 0 Å². The van der Waals surface area contributed by atoms with Gasteiger partial charge in [-0.05, 0) is 18.3 Å². The summed E-state index contributed by atoms with van der Waals surface area (Å²) < 4.78 is 0.726. The van der Waals surface area contributed by atoms with Crippen LogP contribution in [0.15, 0.2) is 0 Å². The number of aromatic nitrogens is 1. The molecule has 1 aromatic rings. The number of hydrogen-bond donors (Lipinski definition) is 0. The van der Waals surface area contributed by atoms with E-state index in [1.165, 1.54) is 23.4 Å². The molecule has 2 unspecified atom stereocenters. The van der Waals surface area contributed by atoms with Crippen LogP contribution < -0.4 is 0 Å². The first-order valence-electron chi connectivity index (χ1n) is 5.13. The zero-order valence-corrected chi connectivity index (χ0v) is 10.3. The highest BCUT2D eigenvalue weighted by Gasteiger charge is 2.61. The lowest BCUT2D eigenvalue weighted by molar-refractivity contribution is 0.227. The lowest BCUT2D eigenvalue weighted by Crippen LogP contribution is -2.31. The second kappa shape index (κ2) is 2.35. The highest BCUT2D eigenvalue weighted by molar-refractivity contribution is 7.16. The minimum absolute atomic E-state index is 0.274. The Balaban J connectivity index is 2.28. The van der Waals surface area contributed by atoms with Crippen molar-refractivity contribution < 1.29 is 0 Å². The molecule has 0 aromatic carbocycles. The highest BCUT2D eigenvalue weighted by Crippen LogP contribution is 2.68. The molecule has 1 aromatic heterocycles. The molecule has 1 heterocycles. The lowest BCUT2D eigenvalue weighted by atomic mass is 9.70. The number of nitrogens with zero attached hydrogens (tertiary/aromatic N) is 1. The summed E-state index contributed by atoms with van der Waals surface area (Å²) in [5.41, 5.74) is 1.95. The fourth-order valence-electron chi connectivity index (χ4n) is 3.32. The third-order valence-electron chi connectivity index (χ3n) is 4.69. The molecule has 3 heteroatoms. The number of halogens is 1. The first-order valence-corrected chi connectivity index (χ1v) is 6.33. The van der Waals surface area contributed by atoms with E-state index in [-0.39, 0.29) is 5.41 Å². The van der Waals surface area contributed by atoms with Gasteiger partial charge < -0.3 is 0 Å². The van der Waals surface area contributed by atoms with Crippen LogP contribution >= 0.6 is 22.9 Å². The van der Waals surface area contributed by atoms with Crippen LogP contribution in [0.25, 0.3) is 0 Å². The van der Waals surface area contributed by atoms with Crippen LogP contribution in [0.4, 0.5) is 0 Å². The third-order valence-corrected chi connectivity index (χ3v) is 5.97. The molecule has 0 spiro atoms.